The summed E-state index contributed by atoms with van der Waals surface area (Å²) >= 11 is 0. The van der Waals surface area contributed by atoms with E-state index in [0.29, 0.717) is 49.7 Å². The highest BCUT2D eigenvalue weighted by Gasteiger charge is 2.23. The highest BCUT2D eigenvalue weighted by molar-refractivity contribution is 5.96. The molecule has 1 aromatic carbocycles. The number of anilines is 1. The van der Waals surface area contributed by atoms with E-state index in [2.05, 4.69) is 16.6 Å². The molecule has 0 saturated heterocycles. The maximum absolute atomic E-state index is 11.7. The molecule has 1 heterocycles. The second-order valence-corrected chi connectivity index (χ2v) is 5.62. The average Bonchev–Trinajstić information content (AvgIpc) is 2.62. The summed E-state index contributed by atoms with van der Waals surface area (Å²) in [7, 11) is 1.63. The van der Waals surface area contributed by atoms with E-state index in [1.165, 1.54) is 0 Å². The second-order valence-electron chi connectivity index (χ2n) is 5.62. The molecule has 0 bridgehead atoms. The number of halogens is 1. The number of methoxy groups -OCH3 is 1. The van der Waals surface area contributed by atoms with Gasteiger partial charge in [-0.15, -0.1) is 18.8 Å². The Hall–Kier alpha value is -1.98. The lowest BCUT2D eigenvalue weighted by molar-refractivity contribution is -0.116. The molecule has 144 valence electrons. The number of aliphatic hydroxyl groups is 1. The number of rotatable bonds is 10. The molecule has 26 heavy (non-hydrogen) atoms. The lowest BCUT2D eigenvalue weighted by Gasteiger charge is -2.23. The van der Waals surface area contributed by atoms with Crippen molar-refractivity contribution in [2.45, 2.75) is 18.9 Å². The van der Waals surface area contributed by atoms with Crippen molar-refractivity contribution in [3.8, 4) is 23.8 Å². The van der Waals surface area contributed by atoms with Gasteiger partial charge < -0.3 is 30.0 Å². The van der Waals surface area contributed by atoms with E-state index in [0.717, 1.165) is 5.56 Å². The topological polar surface area (TPSA) is 89.1 Å². The van der Waals surface area contributed by atoms with Crippen LogP contribution in [-0.4, -0.2) is 57.1 Å². The number of benzene rings is 1. The van der Waals surface area contributed by atoms with Gasteiger partial charge in [0.25, 0.3) is 0 Å². The molecular weight excluding hydrogens is 360 g/mol. The molecule has 0 spiro atoms. The SMILES string of the molecule is C#CCOc1ccc(OCC(O)CNCCOC)c2c1NC(=O)CC2.Cl. The molecule has 8 heteroatoms. The van der Waals surface area contributed by atoms with Crippen LogP contribution in [0.3, 0.4) is 0 Å². The zero-order chi connectivity index (χ0) is 18.1. The maximum atomic E-state index is 11.7. The number of ether oxygens (including phenoxy) is 3. The van der Waals surface area contributed by atoms with Crippen molar-refractivity contribution >= 4 is 24.0 Å². The summed E-state index contributed by atoms with van der Waals surface area (Å²) in [6.45, 7) is 1.92. The van der Waals surface area contributed by atoms with Crippen molar-refractivity contribution in [3.63, 3.8) is 0 Å². The van der Waals surface area contributed by atoms with Crippen LogP contribution in [-0.2, 0) is 16.0 Å². The van der Waals surface area contributed by atoms with Gasteiger partial charge in [0.15, 0.2) is 0 Å². The number of terminal acetylenes is 1. The normalized spacial score (nSPS) is 13.7. The Morgan fingerprint density at radius 3 is 2.85 bits per heavy atom. The molecule has 1 amide bonds. The van der Waals surface area contributed by atoms with Crippen molar-refractivity contribution < 1.29 is 24.1 Å². The van der Waals surface area contributed by atoms with Crippen LogP contribution in [0.4, 0.5) is 5.69 Å². The van der Waals surface area contributed by atoms with Crippen LogP contribution < -0.4 is 20.1 Å². The fraction of sp³-hybridized carbons (Fsp3) is 0.500. The van der Waals surface area contributed by atoms with Gasteiger partial charge in [0.1, 0.15) is 30.8 Å². The monoisotopic (exact) mass is 384 g/mol. The van der Waals surface area contributed by atoms with Crippen molar-refractivity contribution in [2.75, 3.05) is 45.3 Å². The third kappa shape index (κ3) is 6.39. The first kappa shape index (κ1) is 22.1. The van der Waals surface area contributed by atoms with Crippen molar-refractivity contribution in [1.29, 1.82) is 0 Å². The Morgan fingerprint density at radius 1 is 1.35 bits per heavy atom. The maximum Gasteiger partial charge on any atom is 0.224 e. The number of carbonyl (C=O) groups is 1. The molecule has 0 fully saturated rings. The zero-order valence-corrected chi connectivity index (χ0v) is 15.6. The largest absolute Gasteiger partial charge is 0.490 e. The van der Waals surface area contributed by atoms with Crippen LogP contribution in [0.2, 0.25) is 0 Å². The molecule has 0 radical (unpaired) electrons. The minimum atomic E-state index is -0.650. The highest BCUT2D eigenvalue weighted by Crippen LogP contribution is 2.38. The number of amides is 1. The molecule has 0 aromatic heterocycles. The van der Waals surface area contributed by atoms with Crippen molar-refractivity contribution in [2.24, 2.45) is 0 Å². The minimum Gasteiger partial charge on any atom is -0.490 e. The van der Waals surface area contributed by atoms with Crippen LogP contribution in [0, 0.1) is 12.3 Å². The lowest BCUT2D eigenvalue weighted by Crippen LogP contribution is -2.33. The number of carbonyl (C=O) groups excluding carboxylic acids is 1. The van der Waals surface area contributed by atoms with E-state index in [1.807, 2.05) is 0 Å². The van der Waals surface area contributed by atoms with E-state index >= 15 is 0 Å². The van der Waals surface area contributed by atoms with Gasteiger partial charge in [0.2, 0.25) is 5.91 Å². The molecule has 1 aliphatic heterocycles. The number of fused-ring (bicyclic) bond motifs is 1. The lowest BCUT2D eigenvalue weighted by atomic mass is 10.0. The van der Waals surface area contributed by atoms with Gasteiger partial charge in [0, 0.05) is 32.2 Å². The predicted molar refractivity (Wildman–Crippen MR) is 101 cm³/mol. The molecule has 1 unspecified atom stereocenters. The minimum absolute atomic E-state index is 0. The smallest absolute Gasteiger partial charge is 0.224 e. The van der Waals surface area contributed by atoms with Crippen molar-refractivity contribution in [3.05, 3.63) is 17.7 Å². The summed E-state index contributed by atoms with van der Waals surface area (Å²) in [5.74, 6) is 3.48. The van der Waals surface area contributed by atoms with Crippen LogP contribution >= 0.6 is 12.4 Å². The molecule has 2 rings (SSSR count). The van der Waals surface area contributed by atoms with E-state index < -0.39 is 6.10 Å². The summed E-state index contributed by atoms with van der Waals surface area (Å²) in [5, 5.41) is 15.9. The van der Waals surface area contributed by atoms with Gasteiger partial charge in [-0.05, 0) is 18.6 Å². The Balaban J connectivity index is 0.00000338. The second kappa shape index (κ2) is 11.6. The van der Waals surface area contributed by atoms with E-state index in [-0.39, 0.29) is 31.5 Å². The summed E-state index contributed by atoms with van der Waals surface area (Å²) in [5.41, 5.74) is 1.45. The number of hydrogen-bond donors (Lipinski definition) is 3. The Labute approximate surface area is 159 Å². The summed E-state index contributed by atoms with van der Waals surface area (Å²) < 4.78 is 16.2. The molecule has 0 saturated carbocycles. The zero-order valence-electron chi connectivity index (χ0n) is 14.7. The summed E-state index contributed by atoms with van der Waals surface area (Å²) in [4.78, 5) is 11.7. The van der Waals surface area contributed by atoms with Crippen LogP contribution in [0.25, 0.3) is 0 Å². The molecule has 1 aliphatic rings. The average molecular weight is 385 g/mol. The van der Waals surface area contributed by atoms with Crippen LogP contribution in [0.15, 0.2) is 12.1 Å². The fourth-order valence-corrected chi connectivity index (χ4v) is 2.50. The summed E-state index contributed by atoms with van der Waals surface area (Å²) in [6.07, 6.45) is 5.50. The van der Waals surface area contributed by atoms with Crippen LogP contribution in [0.5, 0.6) is 11.5 Å². The molecule has 1 atom stereocenters. The first-order valence-electron chi connectivity index (χ1n) is 8.18. The fourth-order valence-electron chi connectivity index (χ4n) is 2.50. The van der Waals surface area contributed by atoms with Gasteiger partial charge in [0.05, 0.1) is 12.3 Å². The predicted octanol–water partition coefficient (Wildman–Crippen LogP) is 0.981. The quantitative estimate of drug-likeness (QED) is 0.411. The molecule has 0 aliphatic carbocycles. The third-order valence-electron chi connectivity index (χ3n) is 3.70. The number of nitrogens with one attached hydrogen (secondary N) is 2. The number of hydrogen-bond acceptors (Lipinski definition) is 6. The first-order chi connectivity index (χ1) is 12.2. The molecule has 7 nitrogen and oxygen atoms in total. The standard InChI is InChI=1S/C18H24N2O5.ClH/c1-3-9-24-16-6-5-15(14-4-7-17(22)20-18(14)16)25-12-13(21)11-19-8-10-23-2;/h1,5-6,13,19,21H,4,7-12H2,2H3,(H,20,22);1H. The van der Waals surface area contributed by atoms with E-state index in [9.17, 15) is 9.90 Å². The molecule has 3 N–H and O–H groups in total. The van der Waals surface area contributed by atoms with Gasteiger partial charge in [-0.1, -0.05) is 5.92 Å². The molecular formula is C18H25ClN2O5. The van der Waals surface area contributed by atoms with Gasteiger partial charge in [-0.2, -0.15) is 0 Å². The molecule has 1 aromatic rings. The van der Waals surface area contributed by atoms with Gasteiger partial charge in [-0.3, -0.25) is 4.79 Å². The highest BCUT2D eigenvalue weighted by atomic mass is 35.5. The first-order valence-corrected chi connectivity index (χ1v) is 8.18. The Bertz CT molecular complexity index is 633. The third-order valence-corrected chi connectivity index (χ3v) is 3.70. The number of aliphatic hydroxyl groups excluding tert-OH is 1. The van der Waals surface area contributed by atoms with E-state index in [1.54, 1.807) is 19.2 Å². The van der Waals surface area contributed by atoms with Gasteiger partial charge in [-0.25, -0.2) is 0 Å². The van der Waals surface area contributed by atoms with Crippen LogP contribution in [0.1, 0.15) is 12.0 Å². The van der Waals surface area contributed by atoms with Gasteiger partial charge >= 0.3 is 0 Å². The Morgan fingerprint density at radius 2 is 2.12 bits per heavy atom. The van der Waals surface area contributed by atoms with Crippen molar-refractivity contribution in [1.82, 2.24) is 5.32 Å². The van der Waals surface area contributed by atoms with E-state index in [4.69, 9.17) is 20.6 Å². The Kier molecular flexibility index (Phi) is 9.84. The summed E-state index contributed by atoms with van der Waals surface area (Å²) in [6, 6.07) is 3.48.